The minimum absolute atomic E-state index is 0.0697. The molecule has 0 aromatic heterocycles. The molecule has 1 aromatic carbocycles. The van der Waals surface area contributed by atoms with Crippen molar-refractivity contribution in [3.05, 3.63) is 29.6 Å². The third-order valence-corrected chi connectivity index (χ3v) is 11.0. The van der Waals surface area contributed by atoms with Crippen molar-refractivity contribution in [1.82, 2.24) is 9.21 Å². The van der Waals surface area contributed by atoms with Crippen molar-refractivity contribution in [2.75, 3.05) is 26.1 Å². The van der Waals surface area contributed by atoms with Gasteiger partial charge in [0, 0.05) is 27.3 Å². The van der Waals surface area contributed by atoms with Gasteiger partial charge in [-0.3, -0.25) is 9.11 Å². The number of guanidine groups is 1. The predicted octanol–water partition coefficient (Wildman–Crippen LogP) is 4.60. The number of hydrogen-bond acceptors (Lipinski definition) is 8. The van der Waals surface area contributed by atoms with E-state index in [1.165, 1.54) is 19.2 Å². The molecule has 3 N–H and O–H groups in total. The van der Waals surface area contributed by atoms with Crippen molar-refractivity contribution < 1.29 is 37.4 Å². The van der Waals surface area contributed by atoms with Crippen LogP contribution in [-0.2, 0) is 19.6 Å². The van der Waals surface area contributed by atoms with E-state index in [0.29, 0.717) is 12.1 Å². The highest BCUT2D eigenvalue weighted by Crippen LogP contribution is 2.52. The summed E-state index contributed by atoms with van der Waals surface area (Å²) < 4.78 is 56.2. The molecule has 1 aromatic rings. The minimum Gasteiger partial charge on any atom is -0.465 e. The van der Waals surface area contributed by atoms with Crippen molar-refractivity contribution in [3.63, 3.8) is 0 Å². The molecule has 214 valence electrons. The Bertz CT molecular complexity index is 1090. The van der Waals surface area contributed by atoms with Crippen LogP contribution in [0.25, 0.3) is 0 Å². The van der Waals surface area contributed by atoms with Gasteiger partial charge in [-0.2, -0.15) is 0 Å². The Kier molecular flexibility index (Phi) is 8.43. The quantitative estimate of drug-likeness (QED) is 0.246. The molecule has 0 spiro atoms. The molecule has 0 bridgehead atoms. The van der Waals surface area contributed by atoms with Gasteiger partial charge in [0.25, 0.3) is 0 Å². The Hall–Kier alpha value is -1.68. The Morgan fingerprint density at radius 1 is 1.21 bits per heavy atom. The zero-order chi connectivity index (χ0) is 28.9. The normalized spacial score (nSPS) is 25.2. The van der Waals surface area contributed by atoms with E-state index in [2.05, 4.69) is 24.6 Å². The molecular formula is C24H41BFN3O7SSi. The lowest BCUT2D eigenvalue weighted by atomic mass is 9.76. The first kappa shape index (κ1) is 30.9. The largest absolute Gasteiger partial charge is 0.494 e. The second-order valence-electron chi connectivity index (χ2n) is 12.3. The molecule has 1 unspecified atom stereocenters. The Balaban J connectivity index is 2.00. The lowest BCUT2D eigenvalue weighted by Crippen LogP contribution is -2.53. The first-order chi connectivity index (χ1) is 17.2. The summed E-state index contributed by atoms with van der Waals surface area (Å²) in [4.78, 5) is 17.6. The highest BCUT2D eigenvalue weighted by Gasteiger charge is 2.52. The van der Waals surface area contributed by atoms with Crippen LogP contribution in [0.5, 0.6) is 0 Å². The van der Waals surface area contributed by atoms with Crippen LogP contribution >= 0.6 is 10.8 Å². The van der Waals surface area contributed by atoms with Gasteiger partial charge in [-0.25, -0.2) is 23.4 Å². The summed E-state index contributed by atoms with van der Waals surface area (Å²) in [5.74, 6) is -1.20. The number of aliphatic imine (C=N–C) groups is 1. The standard InChI is InChI=1S/C24H41BFN3O7SSi/c1-22(2)23(3,4)36-25(35-22)17-10-11-19(26)18(14-17)24(5)15-37(32,33)28(6)20(27-24)29(21(30)31)16-34-12-13-38(7,8)9/h10-11,14,32-33H,12-13,15-16H2,1-9H3,(H,30,31). The minimum atomic E-state index is -3.56. The van der Waals surface area contributed by atoms with Gasteiger partial charge in [-0.15, -0.1) is 10.8 Å². The smallest absolute Gasteiger partial charge is 0.465 e. The topological polar surface area (TPSA) is 124 Å². The Labute approximate surface area is 227 Å². The van der Waals surface area contributed by atoms with Crippen LogP contribution in [0.3, 0.4) is 0 Å². The van der Waals surface area contributed by atoms with Gasteiger partial charge in [0.15, 0.2) is 0 Å². The maximum absolute atomic E-state index is 15.3. The van der Waals surface area contributed by atoms with Crippen molar-refractivity contribution >= 4 is 43.5 Å². The van der Waals surface area contributed by atoms with Crippen LogP contribution in [0, 0.1) is 5.82 Å². The number of amides is 1. The van der Waals surface area contributed by atoms with Crippen LogP contribution < -0.4 is 5.46 Å². The van der Waals surface area contributed by atoms with Gasteiger partial charge in [0.05, 0.1) is 17.0 Å². The summed E-state index contributed by atoms with van der Waals surface area (Å²) in [6, 6.07) is 5.17. The first-order valence-electron chi connectivity index (χ1n) is 12.5. The van der Waals surface area contributed by atoms with E-state index in [0.717, 1.165) is 15.2 Å². The SMILES string of the molecule is CN1C(N(COCC[Si](C)(C)C)C(=O)O)=NC(C)(c2cc(B3OC(C)(C)C(C)(C)O3)ccc2F)CS1(O)O. The van der Waals surface area contributed by atoms with Crippen LogP contribution in [-0.4, -0.2) is 88.0 Å². The fourth-order valence-corrected chi connectivity index (χ4v) is 6.44. The maximum atomic E-state index is 15.3. The number of carbonyl (C=O) groups is 1. The fraction of sp³-hybridized carbons (Fsp3) is 0.667. The van der Waals surface area contributed by atoms with E-state index < -0.39 is 54.6 Å². The summed E-state index contributed by atoms with van der Waals surface area (Å²) in [5, 5.41) is 9.94. The summed E-state index contributed by atoms with van der Waals surface area (Å²) >= 11 is 0. The van der Waals surface area contributed by atoms with Gasteiger partial charge >= 0.3 is 13.2 Å². The van der Waals surface area contributed by atoms with Crippen molar-refractivity contribution in [2.24, 2.45) is 4.99 Å². The van der Waals surface area contributed by atoms with E-state index in [1.54, 1.807) is 13.0 Å². The highest BCUT2D eigenvalue weighted by atomic mass is 32.3. The number of halogens is 1. The van der Waals surface area contributed by atoms with Gasteiger partial charge < -0.3 is 19.2 Å². The van der Waals surface area contributed by atoms with Crippen molar-refractivity contribution in [1.29, 1.82) is 0 Å². The average molecular weight is 574 g/mol. The molecule has 2 aliphatic rings. The molecule has 2 aliphatic heterocycles. The Morgan fingerprint density at radius 3 is 2.32 bits per heavy atom. The number of ether oxygens (including phenoxy) is 1. The maximum Gasteiger partial charge on any atom is 0.494 e. The molecule has 1 fully saturated rings. The second-order valence-corrected chi connectivity index (χ2v) is 20.1. The molecule has 0 aliphatic carbocycles. The number of rotatable bonds is 7. The molecule has 1 amide bonds. The zero-order valence-corrected chi connectivity index (χ0v) is 25.6. The number of benzene rings is 1. The average Bonchev–Trinajstić information content (AvgIpc) is 2.97. The fourth-order valence-electron chi connectivity index (χ4n) is 4.11. The van der Waals surface area contributed by atoms with Crippen molar-refractivity contribution in [3.8, 4) is 0 Å². The van der Waals surface area contributed by atoms with Gasteiger partial charge in [-0.1, -0.05) is 31.8 Å². The molecule has 1 saturated heterocycles. The molecule has 3 rings (SSSR count). The van der Waals surface area contributed by atoms with Crippen LogP contribution in [0.2, 0.25) is 25.7 Å². The van der Waals surface area contributed by atoms with Gasteiger partial charge in [-0.05, 0) is 52.2 Å². The third kappa shape index (κ3) is 6.37. The van der Waals surface area contributed by atoms with E-state index >= 15 is 4.39 Å². The monoisotopic (exact) mass is 573 g/mol. The number of carboxylic acid groups (broad SMARTS) is 1. The van der Waals surface area contributed by atoms with E-state index in [4.69, 9.17) is 14.0 Å². The molecule has 1 atom stereocenters. The van der Waals surface area contributed by atoms with Gasteiger partial charge in [0.1, 0.15) is 18.1 Å². The summed E-state index contributed by atoms with van der Waals surface area (Å²) in [5.41, 5.74) is -2.11. The zero-order valence-electron chi connectivity index (χ0n) is 23.7. The summed E-state index contributed by atoms with van der Waals surface area (Å²) in [6.07, 6.45) is -1.38. The van der Waals surface area contributed by atoms with Crippen molar-refractivity contribution in [2.45, 2.75) is 77.0 Å². The van der Waals surface area contributed by atoms with E-state index in [-0.39, 0.29) is 24.0 Å². The third-order valence-electron chi connectivity index (χ3n) is 7.33. The van der Waals surface area contributed by atoms with Crippen LogP contribution in [0.15, 0.2) is 23.2 Å². The van der Waals surface area contributed by atoms with E-state index in [1.807, 2.05) is 27.7 Å². The predicted molar refractivity (Wildman–Crippen MR) is 151 cm³/mol. The molecule has 0 radical (unpaired) electrons. The molecule has 0 saturated carbocycles. The molecular weight excluding hydrogens is 532 g/mol. The number of hydrogen-bond donors (Lipinski definition) is 3. The van der Waals surface area contributed by atoms with Crippen LogP contribution in [0.4, 0.5) is 9.18 Å². The number of nitrogens with zero attached hydrogens (tertiary/aromatic N) is 3. The van der Waals surface area contributed by atoms with Crippen LogP contribution in [0.1, 0.15) is 40.2 Å². The molecule has 14 heteroatoms. The van der Waals surface area contributed by atoms with Gasteiger partial charge in [0.2, 0.25) is 5.96 Å². The summed E-state index contributed by atoms with van der Waals surface area (Å²) in [6.45, 7) is 15.7. The van der Waals surface area contributed by atoms with E-state index in [9.17, 15) is 19.0 Å². The lowest BCUT2D eigenvalue weighted by Gasteiger charge is -2.51. The highest BCUT2D eigenvalue weighted by molar-refractivity contribution is 8.22. The summed E-state index contributed by atoms with van der Waals surface area (Å²) in [7, 11) is -4.40. The first-order valence-corrected chi connectivity index (χ1v) is 17.9. The molecule has 10 nitrogen and oxygen atoms in total. The second kappa shape index (κ2) is 10.4. The Morgan fingerprint density at radius 2 is 1.79 bits per heavy atom. The molecule has 2 heterocycles. The lowest BCUT2D eigenvalue weighted by molar-refractivity contribution is 0.00578. The molecule has 38 heavy (non-hydrogen) atoms.